The zero-order chi connectivity index (χ0) is 45.4. The van der Waals surface area contributed by atoms with Gasteiger partial charge in [-0.3, -0.25) is 0 Å². The first kappa shape index (κ1) is 38.8. The summed E-state index contributed by atoms with van der Waals surface area (Å²) in [5, 5.41) is 6.71. The Morgan fingerprint density at radius 3 is 1.01 bits per heavy atom. The van der Waals surface area contributed by atoms with Crippen LogP contribution >= 0.6 is 0 Å². The van der Waals surface area contributed by atoms with Crippen molar-refractivity contribution in [1.82, 2.24) is 24.1 Å². The molecule has 322 valence electrons. The smallest absolute Gasteiger partial charge is 0.164 e. The van der Waals surface area contributed by atoms with Crippen molar-refractivity contribution in [3.05, 3.63) is 237 Å². The second kappa shape index (κ2) is 15.6. The van der Waals surface area contributed by atoms with Crippen LogP contribution in [0.25, 0.3) is 133 Å². The Balaban J connectivity index is 0.896. The van der Waals surface area contributed by atoms with Gasteiger partial charge in [-0.2, -0.15) is 0 Å². The van der Waals surface area contributed by atoms with E-state index < -0.39 is 0 Å². The van der Waals surface area contributed by atoms with Crippen molar-refractivity contribution in [3.8, 4) is 67.8 Å². The quantitative estimate of drug-likeness (QED) is 0.160. The third-order valence-corrected chi connectivity index (χ3v) is 13.6. The number of rotatable bonds is 7. The maximum atomic E-state index is 7.17. The van der Waals surface area contributed by atoms with Crippen LogP contribution in [0.2, 0.25) is 0 Å². The lowest BCUT2D eigenvalue weighted by Gasteiger charge is -2.11. The molecular weight excluding hydrogens is 843 g/mol. The van der Waals surface area contributed by atoms with E-state index in [0.717, 1.165) is 110 Å². The summed E-state index contributed by atoms with van der Waals surface area (Å²) in [4.78, 5) is 15.3. The molecule has 69 heavy (non-hydrogen) atoms. The Hall–Kier alpha value is -9.39. The normalized spacial score (nSPS) is 11.8. The van der Waals surface area contributed by atoms with E-state index in [1.54, 1.807) is 0 Å². The van der Waals surface area contributed by atoms with Crippen LogP contribution in [0.1, 0.15) is 0 Å². The maximum Gasteiger partial charge on any atom is 0.164 e. The molecule has 0 spiro atoms. The molecule has 0 atom stereocenters. The zero-order valence-electron chi connectivity index (χ0n) is 37.2. The highest BCUT2D eigenvalue weighted by Crippen LogP contribution is 2.45. The molecule has 0 fully saturated rings. The molecule has 0 bridgehead atoms. The summed E-state index contributed by atoms with van der Waals surface area (Å²) < 4.78 is 11.9. The van der Waals surface area contributed by atoms with Crippen molar-refractivity contribution < 1.29 is 4.42 Å². The van der Waals surface area contributed by atoms with Gasteiger partial charge in [0, 0.05) is 49.6 Å². The molecule has 4 aromatic heterocycles. The average Bonchev–Trinajstić information content (AvgIpc) is 4.09. The van der Waals surface area contributed by atoms with Gasteiger partial charge < -0.3 is 13.6 Å². The number of nitrogens with zero attached hydrogens (tertiary/aromatic N) is 5. The summed E-state index contributed by atoms with van der Waals surface area (Å²) >= 11 is 0. The van der Waals surface area contributed by atoms with E-state index in [0.29, 0.717) is 17.5 Å². The number of para-hydroxylation sites is 3. The number of furan rings is 1. The van der Waals surface area contributed by atoms with Crippen molar-refractivity contribution in [2.45, 2.75) is 0 Å². The van der Waals surface area contributed by atoms with Gasteiger partial charge in [0.25, 0.3) is 0 Å². The molecule has 10 aromatic carbocycles. The van der Waals surface area contributed by atoms with Gasteiger partial charge >= 0.3 is 0 Å². The third-order valence-electron chi connectivity index (χ3n) is 13.6. The molecule has 0 aliphatic carbocycles. The highest BCUT2D eigenvalue weighted by molar-refractivity contribution is 6.29. The van der Waals surface area contributed by atoms with E-state index in [-0.39, 0.29) is 0 Å². The number of fused-ring (bicyclic) bond motifs is 11. The van der Waals surface area contributed by atoms with Crippen LogP contribution in [-0.4, -0.2) is 24.1 Å². The van der Waals surface area contributed by atoms with Gasteiger partial charge in [0.1, 0.15) is 11.2 Å². The van der Waals surface area contributed by atoms with Crippen LogP contribution in [0.5, 0.6) is 0 Å². The number of benzene rings is 10. The van der Waals surface area contributed by atoms with Crippen LogP contribution in [-0.2, 0) is 0 Å². The Morgan fingerprint density at radius 2 is 0.580 bits per heavy atom. The molecule has 0 N–H and O–H groups in total. The molecular formula is C63H39N5O. The predicted octanol–water partition coefficient (Wildman–Crippen LogP) is 16.3. The van der Waals surface area contributed by atoms with Gasteiger partial charge in [0.05, 0.1) is 32.8 Å². The summed E-state index contributed by atoms with van der Waals surface area (Å²) in [7, 11) is 0. The molecule has 14 rings (SSSR count). The molecule has 6 heteroatoms. The summed E-state index contributed by atoms with van der Waals surface area (Å²) in [5.41, 5.74) is 15.7. The number of aromatic nitrogens is 5. The van der Waals surface area contributed by atoms with Crippen LogP contribution < -0.4 is 0 Å². The molecule has 0 aliphatic rings. The number of hydrogen-bond donors (Lipinski definition) is 0. The van der Waals surface area contributed by atoms with Crippen molar-refractivity contribution in [3.63, 3.8) is 0 Å². The fourth-order valence-corrected chi connectivity index (χ4v) is 10.3. The van der Waals surface area contributed by atoms with Crippen LogP contribution in [0.3, 0.4) is 0 Å². The largest absolute Gasteiger partial charge is 0.455 e. The standard InChI is InChI=1S/C63H39N5O/c1-4-14-40(15-5-1)42-24-28-44(29-25-42)61-64-62(45-30-26-43(27-31-45)41-16-6-2-7-17-41)66-63(65-61)46-32-34-48(35-33-46)68-54-23-13-11-21-52(54)58-56(68)39-37-50-49-36-38-55-57(59(49)69-60(50)58)51-20-10-12-22-53(51)67(55)47-18-8-3-9-19-47/h1-39H. The Kier molecular flexibility index (Phi) is 8.79. The lowest BCUT2D eigenvalue weighted by molar-refractivity contribution is 0.677. The first-order chi connectivity index (χ1) is 34.2. The highest BCUT2D eigenvalue weighted by atomic mass is 16.3. The SMILES string of the molecule is c1ccc(-c2ccc(-c3nc(-c4ccc(-c5ccccc5)cc4)nc(-c4ccc(-n5c6ccccc6c6c7oc8c(ccc9c8c8ccccc8n9-c8ccccc8)c7ccc65)cc4)n3)cc2)cc1. The maximum absolute atomic E-state index is 7.17. The fraction of sp³-hybridized carbons (Fsp3) is 0. The summed E-state index contributed by atoms with van der Waals surface area (Å²) in [6.07, 6.45) is 0. The topological polar surface area (TPSA) is 61.7 Å². The summed E-state index contributed by atoms with van der Waals surface area (Å²) in [5.74, 6) is 1.84. The van der Waals surface area contributed by atoms with E-state index in [4.69, 9.17) is 19.4 Å². The zero-order valence-corrected chi connectivity index (χ0v) is 37.2. The van der Waals surface area contributed by atoms with Gasteiger partial charge in [-0.25, -0.2) is 15.0 Å². The molecule has 14 aromatic rings. The van der Waals surface area contributed by atoms with Crippen molar-refractivity contribution in [2.75, 3.05) is 0 Å². The molecule has 4 heterocycles. The van der Waals surface area contributed by atoms with E-state index in [1.807, 2.05) is 12.1 Å². The summed E-state index contributed by atoms with van der Waals surface area (Å²) in [6.45, 7) is 0. The van der Waals surface area contributed by atoms with E-state index in [2.05, 4.69) is 234 Å². The monoisotopic (exact) mass is 881 g/mol. The first-order valence-electron chi connectivity index (χ1n) is 23.3. The molecule has 0 amide bonds. The molecule has 0 unspecified atom stereocenters. The molecule has 0 radical (unpaired) electrons. The van der Waals surface area contributed by atoms with Crippen molar-refractivity contribution >= 4 is 65.6 Å². The summed E-state index contributed by atoms with van der Waals surface area (Å²) in [6, 6.07) is 83.1. The predicted molar refractivity (Wildman–Crippen MR) is 283 cm³/mol. The number of hydrogen-bond acceptors (Lipinski definition) is 4. The first-order valence-corrected chi connectivity index (χ1v) is 23.3. The Morgan fingerprint density at radius 1 is 0.246 bits per heavy atom. The minimum Gasteiger partial charge on any atom is -0.455 e. The molecule has 0 saturated heterocycles. The average molecular weight is 882 g/mol. The fourth-order valence-electron chi connectivity index (χ4n) is 10.3. The Bertz CT molecular complexity index is 4150. The van der Waals surface area contributed by atoms with Crippen LogP contribution in [0.4, 0.5) is 0 Å². The molecule has 0 aliphatic heterocycles. The van der Waals surface area contributed by atoms with E-state index in [9.17, 15) is 0 Å². The van der Waals surface area contributed by atoms with Gasteiger partial charge in [0.15, 0.2) is 17.5 Å². The minimum absolute atomic E-state index is 0.604. The van der Waals surface area contributed by atoms with Gasteiger partial charge in [-0.1, -0.05) is 164 Å². The second-order valence-electron chi connectivity index (χ2n) is 17.6. The van der Waals surface area contributed by atoms with Gasteiger partial charge in [-0.15, -0.1) is 0 Å². The van der Waals surface area contributed by atoms with E-state index >= 15 is 0 Å². The van der Waals surface area contributed by atoms with Crippen LogP contribution in [0, 0.1) is 0 Å². The van der Waals surface area contributed by atoms with Crippen molar-refractivity contribution in [1.29, 1.82) is 0 Å². The van der Waals surface area contributed by atoms with Crippen molar-refractivity contribution in [2.24, 2.45) is 0 Å². The Labute approximate surface area is 396 Å². The van der Waals surface area contributed by atoms with E-state index in [1.165, 1.54) is 5.39 Å². The lowest BCUT2D eigenvalue weighted by Crippen LogP contribution is -2.00. The lowest BCUT2D eigenvalue weighted by atomic mass is 10.0. The second-order valence-corrected chi connectivity index (χ2v) is 17.6. The highest BCUT2D eigenvalue weighted by Gasteiger charge is 2.23. The molecule has 6 nitrogen and oxygen atoms in total. The minimum atomic E-state index is 0.604. The third kappa shape index (κ3) is 6.30. The van der Waals surface area contributed by atoms with Gasteiger partial charge in [-0.05, 0) is 95.1 Å². The van der Waals surface area contributed by atoms with Crippen LogP contribution in [0.15, 0.2) is 241 Å². The molecule has 0 saturated carbocycles. The van der Waals surface area contributed by atoms with Gasteiger partial charge in [0.2, 0.25) is 0 Å².